The van der Waals surface area contributed by atoms with Crippen LogP contribution in [-0.4, -0.2) is 18.1 Å². The van der Waals surface area contributed by atoms with Crippen LogP contribution < -0.4 is 10.6 Å². The van der Waals surface area contributed by atoms with Gasteiger partial charge in [-0.05, 0) is 6.07 Å². The molecule has 3 nitrogen and oxygen atoms in total. The van der Waals surface area contributed by atoms with Gasteiger partial charge in [0.15, 0.2) is 0 Å². The van der Waals surface area contributed by atoms with Gasteiger partial charge in [0, 0.05) is 31.0 Å². The SMILES string of the molecule is c1cncc([C]2NCCN2)c1. The first-order valence-corrected chi connectivity index (χ1v) is 3.72. The Kier molecular flexibility index (Phi) is 1.83. The van der Waals surface area contributed by atoms with Crippen molar-refractivity contribution in [1.82, 2.24) is 15.6 Å². The van der Waals surface area contributed by atoms with E-state index in [1.54, 1.807) is 6.20 Å². The van der Waals surface area contributed by atoms with E-state index in [9.17, 15) is 0 Å². The zero-order valence-corrected chi connectivity index (χ0v) is 6.17. The summed E-state index contributed by atoms with van der Waals surface area (Å²) in [4.78, 5) is 4.03. The molecule has 1 radical (unpaired) electrons. The Hall–Kier alpha value is -0.930. The molecule has 1 aliphatic heterocycles. The van der Waals surface area contributed by atoms with Gasteiger partial charge in [0.1, 0.15) is 6.17 Å². The second-order valence-corrected chi connectivity index (χ2v) is 2.47. The molecule has 0 atom stereocenters. The van der Waals surface area contributed by atoms with Crippen molar-refractivity contribution in [2.75, 3.05) is 13.1 Å². The normalized spacial score (nSPS) is 18.9. The van der Waals surface area contributed by atoms with E-state index < -0.39 is 0 Å². The van der Waals surface area contributed by atoms with Crippen molar-refractivity contribution in [3.05, 3.63) is 36.3 Å². The van der Waals surface area contributed by atoms with Crippen LogP contribution in [-0.2, 0) is 0 Å². The van der Waals surface area contributed by atoms with Crippen molar-refractivity contribution >= 4 is 0 Å². The summed E-state index contributed by atoms with van der Waals surface area (Å²) < 4.78 is 0. The fourth-order valence-corrected chi connectivity index (χ4v) is 1.15. The Labute approximate surface area is 65.8 Å². The molecule has 57 valence electrons. The number of hydrogen-bond donors (Lipinski definition) is 2. The largest absolute Gasteiger partial charge is 0.291 e. The molecule has 1 aromatic rings. The summed E-state index contributed by atoms with van der Waals surface area (Å²) in [5.41, 5.74) is 1.13. The van der Waals surface area contributed by atoms with Crippen molar-refractivity contribution in [1.29, 1.82) is 0 Å². The highest BCUT2D eigenvalue weighted by molar-refractivity contribution is 5.26. The van der Waals surface area contributed by atoms with E-state index >= 15 is 0 Å². The van der Waals surface area contributed by atoms with Gasteiger partial charge >= 0.3 is 0 Å². The molecule has 0 saturated carbocycles. The third-order valence-electron chi connectivity index (χ3n) is 1.68. The zero-order valence-electron chi connectivity index (χ0n) is 6.17. The summed E-state index contributed by atoms with van der Waals surface area (Å²) in [6, 6.07) is 3.97. The first-order chi connectivity index (χ1) is 5.47. The number of aromatic nitrogens is 1. The molecule has 2 N–H and O–H groups in total. The van der Waals surface area contributed by atoms with Gasteiger partial charge in [0.05, 0.1) is 0 Å². The van der Waals surface area contributed by atoms with Crippen LogP contribution in [0.5, 0.6) is 0 Å². The summed E-state index contributed by atoms with van der Waals surface area (Å²) in [5.74, 6) is 0. The maximum atomic E-state index is 4.03. The molecule has 1 aromatic heterocycles. The lowest BCUT2D eigenvalue weighted by atomic mass is 10.2. The minimum absolute atomic E-state index is 1.00. The van der Waals surface area contributed by atoms with Crippen molar-refractivity contribution < 1.29 is 0 Å². The van der Waals surface area contributed by atoms with Gasteiger partial charge in [0.25, 0.3) is 0 Å². The van der Waals surface area contributed by atoms with Gasteiger partial charge in [-0.1, -0.05) is 6.07 Å². The standard InChI is InChI=1S/C8H10N3/c1-2-7(6-9-3-1)8-10-4-5-11-8/h1-3,6,10-11H,4-5H2. The Morgan fingerprint density at radius 3 is 2.73 bits per heavy atom. The highest BCUT2D eigenvalue weighted by Gasteiger charge is 2.15. The molecule has 0 spiro atoms. The summed E-state index contributed by atoms with van der Waals surface area (Å²) in [5, 5.41) is 6.48. The van der Waals surface area contributed by atoms with E-state index in [-0.39, 0.29) is 0 Å². The van der Waals surface area contributed by atoms with Crippen LogP contribution >= 0.6 is 0 Å². The van der Waals surface area contributed by atoms with Crippen molar-refractivity contribution in [3.63, 3.8) is 0 Å². The van der Waals surface area contributed by atoms with Crippen LogP contribution in [0.25, 0.3) is 0 Å². The lowest BCUT2D eigenvalue weighted by Gasteiger charge is -2.07. The highest BCUT2D eigenvalue weighted by Crippen LogP contribution is 2.08. The quantitative estimate of drug-likeness (QED) is 0.593. The van der Waals surface area contributed by atoms with Gasteiger partial charge in [-0.25, -0.2) is 0 Å². The molecule has 1 saturated heterocycles. The summed E-state index contributed by atoms with van der Waals surface area (Å²) >= 11 is 0. The first-order valence-electron chi connectivity index (χ1n) is 3.72. The smallest absolute Gasteiger partial charge is 0.133 e. The van der Waals surface area contributed by atoms with Crippen molar-refractivity contribution in [2.24, 2.45) is 0 Å². The van der Waals surface area contributed by atoms with Gasteiger partial charge in [-0.3, -0.25) is 15.6 Å². The van der Waals surface area contributed by atoms with Crippen LogP contribution in [0, 0.1) is 6.17 Å². The molecule has 0 amide bonds. The van der Waals surface area contributed by atoms with Crippen LogP contribution in [0.15, 0.2) is 24.5 Å². The third-order valence-corrected chi connectivity index (χ3v) is 1.68. The molecule has 2 heterocycles. The topological polar surface area (TPSA) is 37.0 Å². The molecular formula is C8H10N3. The van der Waals surface area contributed by atoms with E-state index in [1.165, 1.54) is 0 Å². The molecule has 3 heteroatoms. The monoisotopic (exact) mass is 148 g/mol. The lowest BCUT2D eigenvalue weighted by molar-refractivity contribution is 0.807. The number of nitrogens with zero attached hydrogens (tertiary/aromatic N) is 1. The van der Waals surface area contributed by atoms with Gasteiger partial charge < -0.3 is 0 Å². The summed E-state index contributed by atoms with van der Waals surface area (Å²) in [6.07, 6.45) is 4.72. The van der Waals surface area contributed by atoms with E-state index in [0.29, 0.717) is 0 Å². The average molecular weight is 148 g/mol. The Balaban J connectivity index is 2.16. The Morgan fingerprint density at radius 2 is 2.09 bits per heavy atom. The predicted molar refractivity (Wildman–Crippen MR) is 42.6 cm³/mol. The second kappa shape index (κ2) is 2.98. The minimum atomic E-state index is 1.00. The van der Waals surface area contributed by atoms with E-state index in [2.05, 4.69) is 15.6 Å². The first kappa shape index (κ1) is 6.76. The molecule has 11 heavy (non-hydrogen) atoms. The Morgan fingerprint density at radius 1 is 1.27 bits per heavy atom. The average Bonchev–Trinajstić information content (AvgIpc) is 2.58. The zero-order chi connectivity index (χ0) is 7.52. The van der Waals surface area contributed by atoms with Crippen LogP contribution in [0.4, 0.5) is 0 Å². The molecule has 0 bridgehead atoms. The number of pyridine rings is 1. The lowest BCUT2D eigenvalue weighted by Crippen LogP contribution is -2.22. The van der Waals surface area contributed by atoms with E-state index in [1.807, 2.05) is 18.3 Å². The van der Waals surface area contributed by atoms with E-state index in [4.69, 9.17) is 0 Å². The van der Waals surface area contributed by atoms with Crippen LogP contribution in [0.3, 0.4) is 0 Å². The van der Waals surface area contributed by atoms with Crippen LogP contribution in [0.1, 0.15) is 5.56 Å². The highest BCUT2D eigenvalue weighted by atomic mass is 15.2. The molecule has 0 unspecified atom stereocenters. The van der Waals surface area contributed by atoms with E-state index in [0.717, 1.165) is 24.8 Å². The fourth-order valence-electron chi connectivity index (χ4n) is 1.15. The summed E-state index contributed by atoms with van der Waals surface area (Å²) in [7, 11) is 0. The van der Waals surface area contributed by atoms with Crippen LogP contribution in [0.2, 0.25) is 0 Å². The maximum Gasteiger partial charge on any atom is 0.133 e. The van der Waals surface area contributed by atoms with Crippen molar-refractivity contribution in [2.45, 2.75) is 0 Å². The second-order valence-electron chi connectivity index (χ2n) is 2.47. The number of nitrogens with one attached hydrogen (secondary N) is 2. The molecule has 0 aromatic carbocycles. The number of hydrogen-bond acceptors (Lipinski definition) is 3. The molecule has 1 aliphatic rings. The Bertz CT molecular complexity index is 216. The van der Waals surface area contributed by atoms with Gasteiger partial charge in [-0.15, -0.1) is 0 Å². The van der Waals surface area contributed by atoms with Crippen molar-refractivity contribution in [3.8, 4) is 0 Å². The maximum absolute atomic E-state index is 4.03. The summed E-state index contributed by atoms with van der Waals surface area (Å²) in [6.45, 7) is 2.01. The molecular weight excluding hydrogens is 138 g/mol. The fraction of sp³-hybridized carbons (Fsp3) is 0.250. The van der Waals surface area contributed by atoms with Gasteiger partial charge in [-0.2, -0.15) is 0 Å². The molecule has 1 fully saturated rings. The molecule has 0 aliphatic carbocycles. The number of rotatable bonds is 1. The predicted octanol–water partition coefficient (Wildman–Crippen LogP) is 0.112. The minimum Gasteiger partial charge on any atom is -0.291 e. The molecule has 2 rings (SSSR count). The third kappa shape index (κ3) is 1.39. The van der Waals surface area contributed by atoms with Gasteiger partial charge in [0.2, 0.25) is 0 Å².